The number of amides is 1. The van der Waals surface area contributed by atoms with Crippen molar-refractivity contribution in [2.75, 3.05) is 0 Å². The minimum atomic E-state index is -2.78. The average Bonchev–Trinajstić information content (AvgIpc) is 2.01. The number of halogens is 2. The maximum atomic E-state index is 12.5. The number of rotatable bonds is 2. The predicted molar refractivity (Wildman–Crippen MR) is 47.2 cm³/mol. The number of aromatic nitrogens is 1. The molecule has 0 spiro atoms. The smallest absolute Gasteiger partial charge is 0.281 e. The molecule has 0 aliphatic heterocycles. The molecule has 0 saturated heterocycles. The number of primary amides is 1. The molecule has 0 fully saturated rings. The zero-order chi connectivity index (χ0) is 10.9. The van der Waals surface area contributed by atoms with Gasteiger partial charge in [0.05, 0.1) is 5.56 Å². The minimum Gasteiger partial charge on any atom is -0.366 e. The first-order valence-corrected chi connectivity index (χ1v) is 3.99. The summed E-state index contributed by atoms with van der Waals surface area (Å²) in [6, 6.07) is 1.55. The van der Waals surface area contributed by atoms with Gasteiger partial charge in [-0.05, 0) is 25.5 Å². The Bertz CT molecular complexity index is 377. The van der Waals surface area contributed by atoms with Gasteiger partial charge in [0.25, 0.3) is 12.3 Å². The molecule has 0 bridgehead atoms. The van der Waals surface area contributed by atoms with Crippen LogP contribution in [0, 0.1) is 13.8 Å². The summed E-state index contributed by atoms with van der Waals surface area (Å²) in [5, 5.41) is 0. The molecular formula is C9H10F2N2O. The van der Waals surface area contributed by atoms with Crippen molar-refractivity contribution >= 4 is 5.91 Å². The fraction of sp³-hybridized carbons (Fsp3) is 0.333. The van der Waals surface area contributed by atoms with Crippen molar-refractivity contribution in [3.05, 3.63) is 28.6 Å². The highest BCUT2D eigenvalue weighted by atomic mass is 19.3. The number of aryl methyl sites for hydroxylation is 2. The number of carbonyl (C=O) groups excluding carboxylic acids is 1. The topological polar surface area (TPSA) is 56.0 Å². The third kappa shape index (κ3) is 1.86. The number of carbonyl (C=O) groups is 1. The Morgan fingerprint density at radius 1 is 1.50 bits per heavy atom. The van der Waals surface area contributed by atoms with Gasteiger partial charge in [-0.2, -0.15) is 0 Å². The summed E-state index contributed by atoms with van der Waals surface area (Å²) in [5.74, 6) is -0.870. The van der Waals surface area contributed by atoms with Crippen molar-refractivity contribution in [3.8, 4) is 0 Å². The summed E-state index contributed by atoms with van der Waals surface area (Å²) in [5.41, 5.74) is 5.16. The number of hydrogen-bond acceptors (Lipinski definition) is 2. The van der Waals surface area contributed by atoms with Crippen molar-refractivity contribution in [3.63, 3.8) is 0 Å². The number of hydrogen-bond donors (Lipinski definition) is 1. The quantitative estimate of drug-likeness (QED) is 0.790. The molecule has 1 amide bonds. The van der Waals surface area contributed by atoms with E-state index in [4.69, 9.17) is 5.73 Å². The molecule has 2 N–H and O–H groups in total. The van der Waals surface area contributed by atoms with Gasteiger partial charge in [0.15, 0.2) is 0 Å². The van der Waals surface area contributed by atoms with Gasteiger partial charge in [0.1, 0.15) is 5.69 Å². The van der Waals surface area contributed by atoms with Gasteiger partial charge >= 0.3 is 0 Å². The highest BCUT2D eigenvalue weighted by molar-refractivity contribution is 5.95. The van der Waals surface area contributed by atoms with Crippen LogP contribution in [0.15, 0.2) is 6.07 Å². The fourth-order valence-electron chi connectivity index (χ4n) is 1.34. The van der Waals surface area contributed by atoms with E-state index in [1.165, 1.54) is 0 Å². The fourth-order valence-corrected chi connectivity index (χ4v) is 1.34. The molecule has 14 heavy (non-hydrogen) atoms. The van der Waals surface area contributed by atoms with Crippen LogP contribution in [0.1, 0.15) is 33.7 Å². The largest absolute Gasteiger partial charge is 0.366 e. The monoisotopic (exact) mass is 200 g/mol. The van der Waals surface area contributed by atoms with Gasteiger partial charge in [-0.15, -0.1) is 0 Å². The Labute approximate surface area is 79.9 Å². The summed E-state index contributed by atoms with van der Waals surface area (Å²) in [6.45, 7) is 3.14. The van der Waals surface area contributed by atoms with Crippen LogP contribution < -0.4 is 5.73 Å². The van der Waals surface area contributed by atoms with Crippen LogP contribution in [0.5, 0.6) is 0 Å². The molecule has 0 radical (unpaired) electrons. The van der Waals surface area contributed by atoms with Crippen LogP contribution >= 0.6 is 0 Å². The molecule has 0 aromatic carbocycles. The van der Waals surface area contributed by atoms with Crippen LogP contribution in [0.3, 0.4) is 0 Å². The minimum absolute atomic E-state index is 0.175. The number of nitrogens with zero attached hydrogens (tertiary/aromatic N) is 1. The third-order valence-corrected chi connectivity index (χ3v) is 1.83. The lowest BCUT2D eigenvalue weighted by atomic mass is 10.1. The van der Waals surface area contributed by atoms with E-state index in [0.717, 1.165) is 0 Å². The van der Waals surface area contributed by atoms with Crippen molar-refractivity contribution in [1.29, 1.82) is 0 Å². The molecule has 0 aliphatic rings. The van der Waals surface area contributed by atoms with Gasteiger partial charge in [-0.25, -0.2) is 8.78 Å². The van der Waals surface area contributed by atoms with Crippen LogP contribution in [-0.4, -0.2) is 10.9 Å². The van der Waals surface area contributed by atoms with Crippen molar-refractivity contribution in [2.45, 2.75) is 20.3 Å². The van der Waals surface area contributed by atoms with Crippen LogP contribution in [0.25, 0.3) is 0 Å². The van der Waals surface area contributed by atoms with Crippen LogP contribution in [0.4, 0.5) is 8.78 Å². The van der Waals surface area contributed by atoms with E-state index < -0.39 is 18.0 Å². The normalized spacial score (nSPS) is 10.6. The first kappa shape index (κ1) is 10.6. The molecule has 1 aromatic rings. The van der Waals surface area contributed by atoms with Crippen molar-refractivity contribution < 1.29 is 13.6 Å². The Balaban J connectivity index is 3.44. The van der Waals surface area contributed by atoms with Crippen LogP contribution in [-0.2, 0) is 0 Å². The highest BCUT2D eigenvalue weighted by Crippen LogP contribution is 2.23. The molecule has 0 saturated carbocycles. The van der Waals surface area contributed by atoms with E-state index in [-0.39, 0.29) is 5.56 Å². The maximum Gasteiger partial charge on any atom is 0.281 e. The standard InChI is InChI=1S/C9H10F2N2O/c1-4-3-5(2)13-7(8(10)11)6(4)9(12)14/h3,8H,1-2H3,(H2,12,14). The second-order valence-electron chi connectivity index (χ2n) is 3.01. The molecule has 3 nitrogen and oxygen atoms in total. The first-order chi connectivity index (χ1) is 6.43. The van der Waals surface area contributed by atoms with Gasteiger partial charge < -0.3 is 5.73 Å². The molecule has 5 heteroatoms. The number of nitrogens with two attached hydrogens (primary N) is 1. The molecule has 1 rings (SSSR count). The third-order valence-electron chi connectivity index (χ3n) is 1.83. The van der Waals surface area contributed by atoms with E-state index >= 15 is 0 Å². The van der Waals surface area contributed by atoms with Gasteiger partial charge in [0.2, 0.25) is 0 Å². The van der Waals surface area contributed by atoms with E-state index in [0.29, 0.717) is 11.3 Å². The van der Waals surface area contributed by atoms with Gasteiger partial charge in [0, 0.05) is 5.69 Å². The SMILES string of the molecule is Cc1cc(C)c(C(N)=O)c(C(F)F)n1. The second kappa shape index (κ2) is 3.69. The molecule has 1 heterocycles. The molecule has 0 unspecified atom stereocenters. The van der Waals surface area contributed by atoms with E-state index in [9.17, 15) is 13.6 Å². The number of pyridine rings is 1. The number of alkyl halides is 2. The van der Waals surface area contributed by atoms with Gasteiger partial charge in [-0.3, -0.25) is 9.78 Å². The summed E-state index contributed by atoms with van der Waals surface area (Å²) in [7, 11) is 0. The molecule has 0 aliphatic carbocycles. The Morgan fingerprint density at radius 2 is 2.07 bits per heavy atom. The first-order valence-electron chi connectivity index (χ1n) is 3.99. The Morgan fingerprint density at radius 3 is 2.50 bits per heavy atom. The lowest BCUT2D eigenvalue weighted by Gasteiger charge is -2.09. The summed E-state index contributed by atoms with van der Waals surface area (Å²) in [6.07, 6.45) is -2.78. The lowest BCUT2D eigenvalue weighted by Crippen LogP contribution is -2.17. The summed E-state index contributed by atoms with van der Waals surface area (Å²) < 4.78 is 25.0. The van der Waals surface area contributed by atoms with E-state index in [2.05, 4.69) is 4.98 Å². The molecule has 1 aromatic heterocycles. The summed E-state index contributed by atoms with van der Waals surface area (Å²) in [4.78, 5) is 14.5. The van der Waals surface area contributed by atoms with Crippen molar-refractivity contribution in [1.82, 2.24) is 4.98 Å². The Kier molecular flexibility index (Phi) is 2.78. The van der Waals surface area contributed by atoms with Gasteiger partial charge in [-0.1, -0.05) is 0 Å². The molecule has 0 atom stereocenters. The Hall–Kier alpha value is -1.52. The van der Waals surface area contributed by atoms with Crippen LogP contribution in [0.2, 0.25) is 0 Å². The average molecular weight is 200 g/mol. The highest BCUT2D eigenvalue weighted by Gasteiger charge is 2.20. The zero-order valence-electron chi connectivity index (χ0n) is 7.84. The summed E-state index contributed by atoms with van der Waals surface area (Å²) >= 11 is 0. The molecule has 76 valence electrons. The lowest BCUT2D eigenvalue weighted by molar-refractivity contribution is 0.0982. The zero-order valence-corrected chi connectivity index (χ0v) is 7.84. The predicted octanol–water partition coefficient (Wildman–Crippen LogP) is 1.73. The second-order valence-corrected chi connectivity index (χ2v) is 3.01. The van der Waals surface area contributed by atoms with Crippen molar-refractivity contribution in [2.24, 2.45) is 5.73 Å². The van der Waals surface area contributed by atoms with E-state index in [1.54, 1.807) is 19.9 Å². The van der Waals surface area contributed by atoms with E-state index in [1.807, 2.05) is 0 Å². The maximum absolute atomic E-state index is 12.5. The molecular weight excluding hydrogens is 190 g/mol.